The predicted molar refractivity (Wildman–Crippen MR) is 89.0 cm³/mol. The molecule has 0 aliphatic carbocycles. The van der Waals surface area contributed by atoms with Crippen molar-refractivity contribution in [1.29, 1.82) is 0 Å². The van der Waals surface area contributed by atoms with Crippen molar-refractivity contribution in [1.82, 2.24) is 5.32 Å². The Hall–Kier alpha value is -0.330. The molecular weight excluding hydrogens is 333 g/mol. The van der Waals surface area contributed by atoms with E-state index in [4.69, 9.17) is 27.9 Å². The largest absolute Gasteiger partial charge is 0.489 e. The van der Waals surface area contributed by atoms with Crippen LogP contribution < -0.4 is 10.1 Å². The molecule has 3 unspecified atom stereocenters. The van der Waals surface area contributed by atoms with Crippen LogP contribution in [0.1, 0.15) is 13.3 Å². The number of ether oxygens (including phenoxy) is 1. The summed E-state index contributed by atoms with van der Waals surface area (Å²) in [6.45, 7) is 3.21. The highest BCUT2D eigenvalue weighted by atomic mass is 35.5. The normalized spacial score (nSPS) is 15.5. The van der Waals surface area contributed by atoms with Crippen LogP contribution in [0.2, 0.25) is 10.0 Å². The van der Waals surface area contributed by atoms with Crippen molar-refractivity contribution < 1.29 is 14.1 Å². The van der Waals surface area contributed by atoms with Gasteiger partial charge in [-0.2, -0.15) is 0 Å². The highest BCUT2D eigenvalue weighted by molar-refractivity contribution is 7.84. The lowest BCUT2D eigenvalue weighted by molar-refractivity contribution is 0.106. The first kappa shape index (κ1) is 18.7. The molecule has 0 spiro atoms. The van der Waals surface area contributed by atoms with E-state index in [1.54, 1.807) is 24.5 Å². The van der Waals surface area contributed by atoms with Crippen LogP contribution in [-0.2, 0) is 10.8 Å². The summed E-state index contributed by atoms with van der Waals surface area (Å²) in [6, 6.07) is 4.94. The summed E-state index contributed by atoms with van der Waals surface area (Å²) in [4.78, 5) is 0. The van der Waals surface area contributed by atoms with Gasteiger partial charge in [-0.25, -0.2) is 0 Å². The fraction of sp³-hybridized carbons (Fsp3) is 0.571. The maximum Gasteiger partial charge on any atom is 0.138 e. The molecule has 0 amide bonds. The smallest absolute Gasteiger partial charge is 0.138 e. The van der Waals surface area contributed by atoms with Gasteiger partial charge in [0.05, 0.1) is 5.02 Å². The Kier molecular flexibility index (Phi) is 8.59. The second-order valence-electron chi connectivity index (χ2n) is 4.84. The zero-order valence-electron chi connectivity index (χ0n) is 12.1. The Balaban J connectivity index is 2.22. The minimum absolute atomic E-state index is 0.142. The van der Waals surface area contributed by atoms with Gasteiger partial charge in [0.1, 0.15) is 18.5 Å². The first-order valence-corrected chi connectivity index (χ1v) is 9.06. The van der Waals surface area contributed by atoms with E-state index in [0.717, 1.165) is 6.42 Å². The minimum Gasteiger partial charge on any atom is -0.489 e. The van der Waals surface area contributed by atoms with Crippen LogP contribution in [0.15, 0.2) is 18.2 Å². The van der Waals surface area contributed by atoms with Crippen molar-refractivity contribution in [3.8, 4) is 5.75 Å². The van der Waals surface area contributed by atoms with Crippen molar-refractivity contribution in [2.75, 3.05) is 26.0 Å². The monoisotopic (exact) mass is 353 g/mol. The van der Waals surface area contributed by atoms with Crippen LogP contribution in [-0.4, -0.2) is 46.6 Å². The molecule has 0 aliphatic heterocycles. The van der Waals surface area contributed by atoms with Crippen molar-refractivity contribution in [3.63, 3.8) is 0 Å². The van der Waals surface area contributed by atoms with E-state index in [0.29, 0.717) is 28.9 Å². The van der Waals surface area contributed by atoms with Crippen LogP contribution in [0.5, 0.6) is 5.75 Å². The van der Waals surface area contributed by atoms with E-state index in [9.17, 15) is 9.32 Å². The van der Waals surface area contributed by atoms with E-state index >= 15 is 0 Å². The summed E-state index contributed by atoms with van der Waals surface area (Å²) in [5, 5.41) is 14.0. The van der Waals surface area contributed by atoms with Crippen LogP contribution in [0, 0.1) is 0 Å². The molecule has 120 valence electrons. The Bertz CT molecular complexity index is 474. The quantitative estimate of drug-likeness (QED) is 0.669. The Morgan fingerprint density at radius 3 is 2.76 bits per heavy atom. The molecule has 7 heteroatoms. The number of hydrogen-bond donors (Lipinski definition) is 2. The van der Waals surface area contributed by atoms with Gasteiger partial charge in [0.25, 0.3) is 0 Å². The molecule has 0 saturated carbocycles. The number of nitrogens with one attached hydrogen (secondary N) is 1. The Morgan fingerprint density at radius 1 is 1.43 bits per heavy atom. The van der Waals surface area contributed by atoms with Gasteiger partial charge in [-0.05, 0) is 31.2 Å². The third kappa shape index (κ3) is 7.47. The summed E-state index contributed by atoms with van der Waals surface area (Å²) in [5.41, 5.74) is 0. The lowest BCUT2D eigenvalue weighted by atomic mass is 10.3. The van der Waals surface area contributed by atoms with Gasteiger partial charge in [0.2, 0.25) is 0 Å². The molecule has 21 heavy (non-hydrogen) atoms. The summed E-state index contributed by atoms with van der Waals surface area (Å²) in [7, 11) is -0.810. The number of aliphatic hydroxyl groups is 1. The fourth-order valence-electron chi connectivity index (χ4n) is 1.58. The van der Waals surface area contributed by atoms with E-state index in [-0.39, 0.29) is 11.9 Å². The zero-order valence-corrected chi connectivity index (χ0v) is 14.5. The average molecular weight is 354 g/mol. The Labute approximate surface area is 138 Å². The lowest BCUT2D eigenvalue weighted by Crippen LogP contribution is -2.33. The van der Waals surface area contributed by atoms with Crippen LogP contribution in [0.25, 0.3) is 0 Å². The molecule has 0 saturated heterocycles. The van der Waals surface area contributed by atoms with Crippen molar-refractivity contribution >= 4 is 34.0 Å². The van der Waals surface area contributed by atoms with E-state index in [2.05, 4.69) is 5.32 Å². The first-order valence-electron chi connectivity index (χ1n) is 6.69. The topological polar surface area (TPSA) is 58.6 Å². The average Bonchev–Trinajstić information content (AvgIpc) is 2.42. The first-order chi connectivity index (χ1) is 9.90. The van der Waals surface area contributed by atoms with Crippen molar-refractivity contribution in [2.24, 2.45) is 0 Å². The summed E-state index contributed by atoms with van der Waals surface area (Å²) < 4.78 is 16.6. The summed E-state index contributed by atoms with van der Waals surface area (Å²) in [6.07, 6.45) is 1.86. The summed E-state index contributed by atoms with van der Waals surface area (Å²) >= 11 is 11.8. The fourth-order valence-corrected chi connectivity index (χ4v) is 2.49. The standard InChI is InChI=1S/C14H21Cl2NO3S/c1-10(21(2)19)5-6-17-8-12(18)9-20-14-4-3-11(15)7-13(14)16/h3-4,7,10,12,17-18H,5-6,8-9H2,1-2H3. The maximum absolute atomic E-state index is 11.2. The predicted octanol–water partition coefficient (Wildman–Crippen LogP) is 2.48. The zero-order chi connectivity index (χ0) is 15.8. The van der Waals surface area contributed by atoms with Gasteiger partial charge in [0, 0.05) is 33.9 Å². The van der Waals surface area contributed by atoms with Gasteiger partial charge in [0.15, 0.2) is 0 Å². The van der Waals surface area contributed by atoms with Gasteiger partial charge in [-0.3, -0.25) is 4.21 Å². The Morgan fingerprint density at radius 2 is 2.14 bits per heavy atom. The molecule has 3 atom stereocenters. The number of halogens is 2. The van der Waals surface area contributed by atoms with Gasteiger partial charge in [-0.1, -0.05) is 30.1 Å². The third-order valence-electron chi connectivity index (χ3n) is 3.00. The van der Waals surface area contributed by atoms with Crippen LogP contribution in [0.4, 0.5) is 0 Å². The molecule has 1 rings (SSSR count). The highest BCUT2D eigenvalue weighted by Gasteiger charge is 2.09. The van der Waals surface area contributed by atoms with E-state index in [1.165, 1.54) is 0 Å². The van der Waals surface area contributed by atoms with Crippen LogP contribution in [0.3, 0.4) is 0 Å². The second kappa shape index (κ2) is 9.64. The van der Waals surface area contributed by atoms with E-state index in [1.807, 2.05) is 6.92 Å². The second-order valence-corrected chi connectivity index (χ2v) is 7.49. The third-order valence-corrected chi connectivity index (χ3v) is 4.90. The van der Waals surface area contributed by atoms with Crippen molar-refractivity contribution in [3.05, 3.63) is 28.2 Å². The van der Waals surface area contributed by atoms with Crippen molar-refractivity contribution in [2.45, 2.75) is 24.7 Å². The van der Waals surface area contributed by atoms with Gasteiger partial charge >= 0.3 is 0 Å². The van der Waals surface area contributed by atoms with Gasteiger partial charge < -0.3 is 15.2 Å². The molecule has 2 N–H and O–H groups in total. The summed E-state index contributed by atoms with van der Waals surface area (Å²) in [5.74, 6) is 0.495. The van der Waals surface area contributed by atoms with E-state index < -0.39 is 16.9 Å². The molecule has 1 aromatic carbocycles. The number of aliphatic hydroxyl groups excluding tert-OH is 1. The molecule has 0 fully saturated rings. The number of rotatable bonds is 9. The minimum atomic E-state index is -0.810. The molecule has 0 bridgehead atoms. The number of hydrogen-bond acceptors (Lipinski definition) is 4. The lowest BCUT2D eigenvalue weighted by Gasteiger charge is -2.15. The molecule has 1 aromatic rings. The van der Waals surface area contributed by atoms with Crippen LogP contribution >= 0.6 is 23.2 Å². The van der Waals surface area contributed by atoms with Gasteiger partial charge in [-0.15, -0.1) is 0 Å². The molecule has 4 nitrogen and oxygen atoms in total. The molecule has 0 heterocycles. The molecule has 0 aromatic heterocycles. The highest BCUT2D eigenvalue weighted by Crippen LogP contribution is 2.27. The molecule has 0 aliphatic rings. The molecule has 0 radical (unpaired) electrons. The SMILES string of the molecule is CC(CCNCC(O)COc1ccc(Cl)cc1Cl)S(C)=O. The maximum atomic E-state index is 11.2. The number of benzene rings is 1. The molecular formula is C14H21Cl2NO3S.